The average molecular weight is 554 g/mol. The number of carbonyl (C=O) groups is 3. The summed E-state index contributed by atoms with van der Waals surface area (Å²) in [6.07, 6.45) is -0.376. The number of hydrogen-bond acceptors (Lipinski definition) is 8. The summed E-state index contributed by atoms with van der Waals surface area (Å²) in [7, 11) is 0. The highest BCUT2D eigenvalue weighted by molar-refractivity contribution is 5.91. The molecule has 1 aromatic heterocycles. The van der Waals surface area contributed by atoms with Crippen LogP contribution in [0, 0.1) is 5.21 Å². The summed E-state index contributed by atoms with van der Waals surface area (Å²) < 4.78 is 22.9. The van der Waals surface area contributed by atoms with Gasteiger partial charge >= 0.3 is 17.9 Å². The summed E-state index contributed by atoms with van der Waals surface area (Å²) in [5.41, 5.74) is 0.639. The van der Waals surface area contributed by atoms with E-state index in [9.17, 15) is 19.6 Å². The highest BCUT2D eigenvalue weighted by Crippen LogP contribution is 2.20. The van der Waals surface area contributed by atoms with E-state index in [2.05, 4.69) is 6.58 Å². The summed E-state index contributed by atoms with van der Waals surface area (Å²) in [5, 5.41) is 13.0. The second-order valence-electron chi connectivity index (χ2n) is 8.76. The Labute approximate surface area is 236 Å². The van der Waals surface area contributed by atoms with E-state index in [1.54, 1.807) is 78.9 Å². The molecule has 208 valence electrons. The summed E-state index contributed by atoms with van der Waals surface area (Å²) in [5.74, 6) is -2.04. The van der Waals surface area contributed by atoms with E-state index in [1.165, 1.54) is 36.6 Å². The molecule has 0 fully saturated rings. The van der Waals surface area contributed by atoms with Gasteiger partial charge in [0.15, 0.2) is 24.5 Å². The van der Waals surface area contributed by atoms with Gasteiger partial charge in [0.25, 0.3) is 0 Å². The second kappa shape index (κ2) is 14.1. The van der Waals surface area contributed by atoms with Crippen LogP contribution in [0.5, 0.6) is 0 Å². The molecule has 0 radical (unpaired) electrons. The van der Waals surface area contributed by atoms with Crippen LogP contribution in [0.25, 0.3) is 0 Å². The van der Waals surface area contributed by atoms with Crippen LogP contribution in [0.3, 0.4) is 0 Å². The molecule has 3 atom stereocenters. The Kier molecular flexibility index (Phi) is 9.82. The van der Waals surface area contributed by atoms with Crippen molar-refractivity contribution in [3.8, 4) is 0 Å². The Bertz CT molecular complexity index is 1470. The van der Waals surface area contributed by atoms with Gasteiger partial charge in [-0.05, 0) is 54.6 Å². The zero-order valence-electron chi connectivity index (χ0n) is 21.9. The molecule has 0 N–H and O–H groups in total. The van der Waals surface area contributed by atoms with Crippen molar-refractivity contribution in [1.82, 2.24) is 0 Å². The van der Waals surface area contributed by atoms with E-state index in [0.29, 0.717) is 4.74 Å². The van der Waals surface area contributed by atoms with Gasteiger partial charge in [0.2, 0.25) is 12.3 Å². The van der Waals surface area contributed by atoms with Crippen LogP contribution in [-0.2, 0) is 14.2 Å². The monoisotopic (exact) mass is 553 g/mol. The maximum atomic E-state index is 13.2. The Hall–Kier alpha value is -5.44. The number of esters is 3. The number of rotatable bonds is 12. The smallest absolute Gasteiger partial charge is 0.338 e. The molecule has 0 aliphatic heterocycles. The van der Waals surface area contributed by atoms with Crippen LogP contribution >= 0.6 is 0 Å². The molecule has 0 unspecified atom stereocenters. The van der Waals surface area contributed by atoms with Crippen LogP contribution in [0.1, 0.15) is 36.8 Å². The topological polar surface area (TPSA) is 118 Å². The molecule has 9 heteroatoms. The first-order chi connectivity index (χ1) is 19.9. The van der Waals surface area contributed by atoms with Crippen molar-refractivity contribution in [2.45, 2.75) is 18.3 Å². The maximum absolute atomic E-state index is 13.2. The Morgan fingerprint density at radius 1 is 0.732 bits per heavy atom. The minimum absolute atomic E-state index is 0.198. The molecular weight excluding hydrogens is 526 g/mol. The van der Waals surface area contributed by atoms with E-state index in [1.807, 2.05) is 0 Å². The van der Waals surface area contributed by atoms with Gasteiger partial charge in [-0.15, -0.1) is 0 Å². The van der Waals surface area contributed by atoms with Gasteiger partial charge in [0, 0.05) is 0 Å². The number of nitrogens with zero attached hydrogens (tertiary/aromatic N) is 1. The van der Waals surface area contributed by atoms with E-state index >= 15 is 0 Å². The molecule has 0 saturated carbocycles. The minimum atomic E-state index is -1.46. The molecule has 4 rings (SSSR count). The Morgan fingerprint density at radius 2 is 1.22 bits per heavy atom. The lowest BCUT2D eigenvalue weighted by atomic mass is 10.1. The fourth-order valence-corrected chi connectivity index (χ4v) is 3.86. The molecule has 0 aliphatic carbocycles. The van der Waals surface area contributed by atoms with Gasteiger partial charge in [-0.25, -0.2) is 19.1 Å². The van der Waals surface area contributed by atoms with Crippen molar-refractivity contribution in [2.75, 3.05) is 6.54 Å². The second-order valence-corrected chi connectivity index (χ2v) is 8.76. The molecule has 9 nitrogen and oxygen atoms in total. The standard InChI is InChI=1S/C32H27NO8/c1-2-27(39-30(34)23-13-6-3-7-14-23)29(41-32(36)25-17-10-5-11-18-25)28(22-33(37)21-26-19-12-20-38-26)40-31(35)24-15-8-4-9-16-24/h2-21,27-29H,1,22H2/b33-21-/t27-,28+,29+/m1/s1. The van der Waals surface area contributed by atoms with Gasteiger partial charge < -0.3 is 23.8 Å². The predicted octanol–water partition coefficient (Wildman–Crippen LogP) is 5.07. The number of carbonyl (C=O) groups excluding carboxylic acids is 3. The van der Waals surface area contributed by atoms with Gasteiger partial charge in [-0.1, -0.05) is 61.2 Å². The SMILES string of the molecule is C=C[C@@H](OC(=O)c1ccccc1)[C@H](OC(=O)c1ccccc1)[C@H](C/[N+]([O-])=C/c1ccco1)OC(=O)c1ccccc1. The Morgan fingerprint density at radius 3 is 1.68 bits per heavy atom. The van der Waals surface area contributed by atoms with E-state index < -0.39 is 42.8 Å². The third-order valence-electron chi connectivity index (χ3n) is 5.87. The molecule has 0 saturated heterocycles. The first kappa shape index (κ1) is 28.6. The molecule has 0 amide bonds. The number of hydrogen-bond donors (Lipinski definition) is 0. The molecule has 0 aliphatic rings. The van der Waals surface area contributed by atoms with E-state index in [4.69, 9.17) is 18.6 Å². The van der Waals surface area contributed by atoms with Crippen LogP contribution in [0.15, 0.2) is 126 Å². The molecule has 0 spiro atoms. The number of furan rings is 1. The molecule has 1 heterocycles. The number of benzene rings is 3. The maximum Gasteiger partial charge on any atom is 0.338 e. The first-order valence-corrected chi connectivity index (χ1v) is 12.7. The highest BCUT2D eigenvalue weighted by Gasteiger charge is 2.39. The van der Waals surface area contributed by atoms with Crippen molar-refractivity contribution in [2.24, 2.45) is 0 Å². The van der Waals surface area contributed by atoms with Crippen molar-refractivity contribution >= 4 is 24.1 Å². The van der Waals surface area contributed by atoms with E-state index in [0.717, 1.165) is 6.21 Å². The Balaban J connectivity index is 1.70. The quantitative estimate of drug-likeness (QED) is 0.0454. The van der Waals surface area contributed by atoms with Crippen LogP contribution < -0.4 is 0 Å². The van der Waals surface area contributed by atoms with Gasteiger partial charge in [0.1, 0.15) is 0 Å². The molecule has 0 bridgehead atoms. The highest BCUT2D eigenvalue weighted by atomic mass is 16.6. The van der Waals surface area contributed by atoms with Gasteiger partial charge in [-0.3, -0.25) is 0 Å². The van der Waals surface area contributed by atoms with Crippen LogP contribution in [0.4, 0.5) is 0 Å². The fourth-order valence-electron chi connectivity index (χ4n) is 3.86. The summed E-state index contributed by atoms with van der Waals surface area (Å²) >= 11 is 0. The lowest BCUT2D eigenvalue weighted by molar-refractivity contribution is -0.466. The summed E-state index contributed by atoms with van der Waals surface area (Å²) in [4.78, 5) is 39.3. The zero-order chi connectivity index (χ0) is 29.0. The van der Waals surface area contributed by atoms with Crippen LogP contribution in [-0.4, -0.2) is 53.7 Å². The third-order valence-corrected chi connectivity index (χ3v) is 5.87. The molecule has 4 aromatic rings. The average Bonchev–Trinajstić information content (AvgIpc) is 3.52. The van der Waals surface area contributed by atoms with Crippen molar-refractivity contribution in [1.29, 1.82) is 0 Å². The summed E-state index contributed by atoms with van der Waals surface area (Å²) in [6, 6.07) is 27.5. The normalized spacial score (nSPS) is 13.3. The summed E-state index contributed by atoms with van der Waals surface area (Å²) in [6.45, 7) is 3.24. The lowest BCUT2D eigenvalue weighted by Crippen LogP contribution is -2.48. The number of ether oxygens (including phenoxy) is 3. The molecule has 3 aromatic carbocycles. The minimum Gasteiger partial charge on any atom is -0.624 e. The van der Waals surface area contributed by atoms with Gasteiger partial charge in [-0.2, -0.15) is 0 Å². The largest absolute Gasteiger partial charge is 0.624 e. The molecule has 41 heavy (non-hydrogen) atoms. The predicted molar refractivity (Wildman–Crippen MR) is 150 cm³/mol. The lowest BCUT2D eigenvalue weighted by Gasteiger charge is -2.30. The zero-order valence-corrected chi connectivity index (χ0v) is 21.9. The van der Waals surface area contributed by atoms with E-state index in [-0.39, 0.29) is 22.5 Å². The van der Waals surface area contributed by atoms with Crippen molar-refractivity contribution in [3.63, 3.8) is 0 Å². The van der Waals surface area contributed by atoms with Crippen molar-refractivity contribution < 1.29 is 37.8 Å². The van der Waals surface area contributed by atoms with Gasteiger partial charge in [0.05, 0.1) is 23.0 Å². The van der Waals surface area contributed by atoms with Crippen LogP contribution in [0.2, 0.25) is 0 Å². The first-order valence-electron chi connectivity index (χ1n) is 12.7. The van der Waals surface area contributed by atoms with Crippen molar-refractivity contribution in [3.05, 3.63) is 150 Å². The fraction of sp³-hybridized carbons (Fsp3) is 0.125. The third kappa shape index (κ3) is 8.03. The number of hydroxylamine groups is 1. The molecular formula is C32H27NO8.